The van der Waals surface area contributed by atoms with Crippen molar-refractivity contribution < 1.29 is 9.90 Å². The third-order valence-corrected chi connectivity index (χ3v) is 6.68. The SMILES string of the molecule is Cc1cnc(-c2ccc3c(C(=O)O)nn([C@@H]4CN5CCC4CC5)c3c2)s1. The molecule has 1 N–H and O–H groups in total. The second kappa shape index (κ2) is 5.89. The van der Waals surface area contributed by atoms with Crippen LogP contribution in [0.1, 0.15) is 34.2 Å². The summed E-state index contributed by atoms with van der Waals surface area (Å²) in [6.07, 6.45) is 4.21. The molecule has 7 heteroatoms. The second-order valence-corrected chi connectivity index (χ2v) is 8.55. The number of fused-ring (bicyclic) bond motifs is 4. The number of piperidine rings is 3. The van der Waals surface area contributed by atoms with E-state index in [0.717, 1.165) is 40.6 Å². The van der Waals surface area contributed by atoms with Crippen molar-refractivity contribution in [2.24, 2.45) is 5.92 Å². The first-order chi connectivity index (χ1) is 12.6. The summed E-state index contributed by atoms with van der Waals surface area (Å²) >= 11 is 1.65. The van der Waals surface area contributed by atoms with Crippen LogP contribution in [0.5, 0.6) is 0 Å². The normalized spacial score (nSPS) is 25.0. The monoisotopic (exact) mass is 368 g/mol. The van der Waals surface area contributed by atoms with Crippen LogP contribution in [-0.2, 0) is 0 Å². The van der Waals surface area contributed by atoms with Gasteiger partial charge in [-0.05, 0) is 50.9 Å². The number of rotatable bonds is 3. The summed E-state index contributed by atoms with van der Waals surface area (Å²) in [7, 11) is 0. The van der Waals surface area contributed by atoms with Crippen molar-refractivity contribution in [2.45, 2.75) is 25.8 Å². The molecule has 1 aromatic carbocycles. The van der Waals surface area contributed by atoms with Gasteiger partial charge in [0.25, 0.3) is 0 Å². The van der Waals surface area contributed by atoms with Crippen LogP contribution in [0.4, 0.5) is 0 Å². The molecule has 3 aliphatic rings. The van der Waals surface area contributed by atoms with Gasteiger partial charge in [-0.3, -0.25) is 4.68 Å². The highest BCUT2D eigenvalue weighted by molar-refractivity contribution is 7.14. The molecule has 5 heterocycles. The molecule has 0 aliphatic carbocycles. The van der Waals surface area contributed by atoms with Crippen LogP contribution < -0.4 is 0 Å². The molecular formula is C19H20N4O2S. The molecule has 2 aromatic heterocycles. The maximum absolute atomic E-state index is 11.7. The van der Waals surface area contributed by atoms with Crippen molar-refractivity contribution in [3.05, 3.63) is 35.0 Å². The Morgan fingerprint density at radius 3 is 2.73 bits per heavy atom. The molecule has 2 bridgehead atoms. The van der Waals surface area contributed by atoms with E-state index >= 15 is 0 Å². The Labute approximate surface area is 155 Å². The van der Waals surface area contributed by atoms with Crippen molar-refractivity contribution in [3.8, 4) is 10.6 Å². The first kappa shape index (κ1) is 16.0. The number of carbonyl (C=O) groups is 1. The van der Waals surface area contributed by atoms with Crippen molar-refractivity contribution in [3.63, 3.8) is 0 Å². The molecule has 6 nitrogen and oxygen atoms in total. The van der Waals surface area contributed by atoms with E-state index in [1.54, 1.807) is 11.3 Å². The van der Waals surface area contributed by atoms with Crippen LogP contribution in [0, 0.1) is 12.8 Å². The lowest BCUT2D eigenvalue weighted by molar-refractivity contribution is 0.0523. The second-order valence-electron chi connectivity index (χ2n) is 7.31. The van der Waals surface area contributed by atoms with E-state index in [9.17, 15) is 9.90 Å². The molecular weight excluding hydrogens is 348 g/mol. The van der Waals surface area contributed by atoms with Gasteiger partial charge in [-0.15, -0.1) is 11.3 Å². The number of thiazole rings is 1. The number of benzene rings is 1. The van der Waals surface area contributed by atoms with E-state index in [1.807, 2.05) is 29.9 Å². The van der Waals surface area contributed by atoms with Crippen molar-refractivity contribution in [1.29, 1.82) is 0 Å². The van der Waals surface area contributed by atoms with Crippen LogP contribution in [0.3, 0.4) is 0 Å². The third kappa shape index (κ3) is 2.46. The summed E-state index contributed by atoms with van der Waals surface area (Å²) < 4.78 is 1.98. The zero-order valence-corrected chi connectivity index (χ0v) is 15.4. The van der Waals surface area contributed by atoms with E-state index in [0.29, 0.717) is 11.3 Å². The molecule has 0 radical (unpaired) electrons. The summed E-state index contributed by atoms with van der Waals surface area (Å²) in [6.45, 7) is 5.30. The molecule has 3 saturated heterocycles. The zero-order valence-electron chi connectivity index (χ0n) is 14.6. The van der Waals surface area contributed by atoms with Gasteiger partial charge in [-0.2, -0.15) is 5.10 Å². The number of aryl methyl sites for hydroxylation is 1. The molecule has 1 atom stereocenters. The highest BCUT2D eigenvalue weighted by Gasteiger charge is 2.37. The maximum Gasteiger partial charge on any atom is 0.357 e. The number of hydrogen-bond donors (Lipinski definition) is 1. The first-order valence-corrected chi connectivity index (χ1v) is 9.82. The molecule has 0 saturated carbocycles. The molecule has 0 spiro atoms. The molecule has 26 heavy (non-hydrogen) atoms. The van der Waals surface area contributed by atoms with Gasteiger partial charge >= 0.3 is 5.97 Å². The van der Waals surface area contributed by atoms with Gasteiger partial charge in [-0.25, -0.2) is 9.78 Å². The number of aromatic nitrogens is 3. The summed E-state index contributed by atoms with van der Waals surface area (Å²) in [5, 5.41) is 15.8. The minimum absolute atomic E-state index is 0.151. The average molecular weight is 368 g/mol. The predicted octanol–water partition coefficient (Wildman–Crippen LogP) is 3.43. The maximum atomic E-state index is 11.7. The summed E-state index contributed by atoms with van der Waals surface area (Å²) in [4.78, 5) is 19.8. The summed E-state index contributed by atoms with van der Waals surface area (Å²) in [5.41, 5.74) is 2.08. The Kier molecular flexibility index (Phi) is 3.62. The topological polar surface area (TPSA) is 71.2 Å². The quantitative estimate of drug-likeness (QED) is 0.767. The highest BCUT2D eigenvalue weighted by atomic mass is 32.1. The first-order valence-electron chi connectivity index (χ1n) is 9.01. The highest BCUT2D eigenvalue weighted by Crippen LogP contribution is 2.38. The summed E-state index contributed by atoms with van der Waals surface area (Å²) in [5.74, 6) is -0.386. The van der Waals surface area contributed by atoms with Gasteiger partial charge in [0, 0.05) is 28.6 Å². The molecule has 0 unspecified atom stereocenters. The zero-order chi connectivity index (χ0) is 17.8. The number of hydrogen-bond acceptors (Lipinski definition) is 5. The van der Waals surface area contributed by atoms with Crippen molar-refractivity contribution in [1.82, 2.24) is 19.7 Å². The third-order valence-electron chi connectivity index (χ3n) is 5.71. The smallest absolute Gasteiger partial charge is 0.357 e. The Bertz CT molecular complexity index is 1000. The fourth-order valence-electron chi connectivity index (χ4n) is 4.38. The fourth-order valence-corrected chi connectivity index (χ4v) is 5.14. The predicted molar refractivity (Wildman–Crippen MR) is 101 cm³/mol. The van der Waals surface area contributed by atoms with E-state index in [1.165, 1.54) is 12.8 Å². The lowest BCUT2D eigenvalue weighted by Crippen LogP contribution is -2.48. The van der Waals surface area contributed by atoms with Crippen molar-refractivity contribution >= 4 is 28.2 Å². The lowest BCUT2D eigenvalue weighted by Gasteiger charge is -2.44. The number of carboxylic acid groups (broad SMARTS) is 1. The minimum Gasteiger partial charge on any atom is -0.476 e. The van der Waals surface area contributed by atoms with Crippen LogP contribution in [0.15, 0.2) is 24.4 Å². The molecule has 3 fully saturated rings. The Hall–Kier alpha value is -2.25. The summed E-state index contributed by atoms with van der Waals surface area (Å²) in [6, 6.07) is 6.15. The number of carboxylic acids is 1. The Morgan fingerprint density at radius 2 is 2.12 bits per heavy atom. The van der Waals surface area contributed by atoms with Crippen LogP contribution >= 0.6 is 11.3 Å². The van der Waals surface area contributed by atoms with E-state index in [4.69, 9.17) is 0 Å². The largest absolute Gasteiger partial charge is 0.476 e. The van der Waals surface area contributed by atoms with Gasteiger partial charge in [0.2, 0.25) is 0 Å². The van der Waals surface area contributed by atoms with E-state index in [2.05, 4.69) is 21.0 Å². The molecule has 0 amide bonds. The van der Waals surface area contributed by atoms with E-state index in [-0.39, 0.29) is 11.7 Å². The van der Waals surface area contributed by atoms with Crippen LogP contribution in [0.25, 0.3) is 21.5 Å². The fraction of sp³-hybridized carbons (Fsp3) is 0.421. The molecule has 134 valence electrons. The standard InChI is InChI=1S/C19H20N4O2S/c1-11-9-20-18(26-11)13-2-3-14-15(8-13)23(21-17(14)19(24)25)16-10-22-6-4-12(16)5-7-22/h2-3,8-9,12,16H,4-7,10H2,1H3,(H,24,25)/t16-/m1/s1. The van der Waals surface area contributed by atoms with Gasteiger partial charge in [0.15, 0.2) is 5.69 Å². The average Bonchev–Trinajstić information content (AvgIpc) is 3.26. The van der Waals surface area contributed by atoms with Crippen LogP contribution in [-0.4, -0.2) is 50.4 Å². The molecule has 6 rings (SSSR count). The van der Waals surface area contributed by atoms with Crippen molar-refractivity contribution in [2.75, 3.05) is 19.6 Å². The van der Waals surface area contributed by atoms with Gasteiger partial charge in [0.05, 0.1) is 11.6 Å². The lowest BCUT2D eigenvalue weighted by atomic mass is 9.84. The number of nitrogens with zero attached hydrogens (tertiary/aromatic N) is 4. The minimum atomic E-state index is -0.965. The number of aromatic carboxylic acids is 1. The van der Waals surface area contributed by atoms with Gasteiger partial charge in [-0.1, -0.05) is 6.07 Å². The van der Waals surface area contributed by atoms with Gasteiger partial charge < -0.3 is 10.0 Å². The van der Waals surface area contributed by atoms with Gasteiger partial charge in [0.1, 0.15) is 5.01 Å². The Morgan fingerprint density at radius 1 is 1.31 bits per heavy atom. The van der Waals surface area contributed by atoms with E-state index < -0.39 is 5.97 Å². The molecule has 3 aliphatic heterocycles. The molecule has 3 aromatic rings. The Balaban J connectivity index is 1.67. The van der Waals surface area contributed by atoms with Crippen LogP contribution in [0.2, 0.25) is 0 Å².